The summed E-state index contributed by atoms with van der Waals surface area (Å²) in [7, 11) is 0. The van der Waals surface area contributed by atoms with Crippen LogP contribution in [0.5, 0.6) is 5.75 Å². The fourth-order valence-corrected chi connectivity index (χ4v) is 2.45. The third-order valence-electron chi connectivity index (χ3n) is 3.45. The van der Waals surface area contributed by atoms with Gasteiger partial charge in [0.05, 0.1) is 12.1 Å². The summed E-state index contributed by atoms with van der Waals surface area (Å²) in [5.41, 5.74) is 1.83. The molecule has 0 radical (unpaired) electrons. The van der Waals surface area contributed by atoms with Crippen molar-refractivity contribution >= 4 is 28.4 Å². The summed E-state index contributed by atoms with van der Waals surface area (Å²) in [4.78, 5) is 9.23. The predicted molar refractivity (Wildman–Crippen MR) is 99.2 cm³/mol. The first-order valence-corrected chi connectivity index (χ1v) is 8.19. The summed E-state index contributed by atoms with van der Waals surface area (Å²) in [5.74, 6) is 2.26. The summed E-state index contributed by atoms with van der Waals surface area (Å²) >= 11 is 0. The molecule has 0 saturated carbocycles. The molecule has 1 aromatic heterocycles. The Kier molecular flexibility index (Phi) is 4.79. The molecule has 0 fully saturated rings. The fourth-order valence-electron chi connectivity index (χ4n) is 2.45. The number of hydrogen-bond donors (Lipinski definition) is 2. The lowest BCUT2D eigenvalue weighted by atomic mass is 10.2. The van der Waals surface area contributed by atoms with E-state index in [4.69, 9.17) is 4.74 Å². The van der Waals surface area contributed by atoms with Gasteiger partial charge in [-0.05, 0) is 57.2 Å². The highest BCUT2D eigenvalue weighted by atomic mass is 16.5. The monoisotopic (exact) mass is 322 g/mol. The minimum Gasteiger partial charge on any atom is -0.494 e. The van der Waals surface area contributed by atoms with E-state index in [2.05, 4.69) is 34.4 Å². The van der Waals surface area contributed by atoms with Gasteiger partial charge in [-0.3, -0.25) is 0 Å². The third kappa shape index (κ3) is 3.74. The number of nitrogens with zero attached hydrogens (tertiary/aromatic N) is 2. The lowest BCUT2D eigenvalue weighted by molar-refractivity contribution is 0.340. The summed E-state index contributed by atoms with van der Waals surface area (Å²) in [6.07, 6.45) is 0. The highest BCUT2D eigenvalue weighted by Crippen LogP contribution is 2.24. The van der Waals surface area contributed by atoms with Crippen molar-refractivity contribution in [1.82, 2.24) is 9.97 Å². The van der Waals surface area contributed by atoms with E-state index < -0.39 is 0 Å². The van der Waals surface area contributed by atoms with Crippen molar-refractivity contribution in [3.05, 3.63) is 48.5 Å². The van der Waals surface area contributed by atoms with Crippen LogP contribution in [0.3, 0.4) is 0 Å². The van der Waals surface area contributed by atoms with Crippen LogP contribution in [0.1, 0.15) is 20.8 Å². The Morgan fingerprint density at radius 3 is 2.46 bits per heavy atom. The SMILES string of the molecule is CCOc1ccc(Nc2nc(NC(C)C)c3ccccc3n2)cc1. The second-order valence-electron chi connectivity index (χ2n) is 5.79. The average Bonchev–Trinajstić information content (AvgIpc) is 2.56. The molecule has 0 spiro atoms. The Labute approximate surface area is 142 Å². The fraction of sp³-hybridized carbons (Fsp3) is 0.263. The van der Waals surface area contributed by atoms with Crippen molar-refractivity contribution in [3.63, 3.8) is 0 Å². The number of anilines is 3. The van der Waals surface area contributed by atoms with E-state index in [9.17, 15) is 0 Å². The lowest BCUT2D eigenvalue weighted by Gasteiger charge is -2.14. The van der Waals surface area contributed by atoms with Gasteiger partial charge in [-0.15, -0.1) is 0 Å². The minimum atomic E-state index is 0.293. The van der Waals surface area contributed by atoms with Crippen molar-refractivity contribution in [2.75, 3.05) is 17.2 Å². The zero-order valence-corrected chi connectivity index (χ0v) is 14.2. The van der Waals surface area contributed by atoms with Gasteiger partial charge in [0.2, 0.25) is 5.95 Å². The van der Waals surface area contributed by atoms with Crippen LogP contribution in [0.2, 0.25) is 0 Å². The van der Waals surface area contributed by atoms with Crippen LogP contribution < -0.4 is 15.4 Å². The number of rotatable bonds is 6. The Morgan fingerprint density at radius 1 is 1.00 bits per heavy atom. The Balaban J connectivity index is 1.91. The van der Waals surface area contributed by atoms with Gasteiger partial charge in [0.1, 0.15) is 11.6 Å². The van der Waals surface area contributed by atoms with Crippen LogP contribution in [0, 0.1) is 0 Å². The second kappa shape index (κ2) is 7.17. The van der Waals surface area contributed by atoms with Crippen molar-refractivity contribution in [2.45, 2.75) is 26.8 Å². The van der Waals surface area contributed by atoms with Crippen LogP contribution in [0.4, 0.5) is 17.5 Å². The van der Waals surface area contributed by atoms with Crippen LogP contribution in [-0.2, 0) is 0 Å². The Hall–Kier alpha value is -2.82. The van der Waals surface area contributed by atoms with Gasteiger partial charge >= 0.3 is 0 Å². The largest absolute Gasteiger partial charge is 0.494 e. The Morgan fingerprint density at radius 2 is 1.75 bits per heavy atom. The van der Waals surface area contributed by atoms with Gasteiger partial charge in [-0.1, -0.05) is 12.1 Å². The third-order valence-corrected chi connectivity index (χ3v) is 3.45. The Bertz CT molecular complexity index is 815. The normalized spacial score (nSPS) is 10.8. The first-order chi connectivity index (χ1) is 11.7. The summed E-state index contributed by atoms with van der Waals surface area (Å²) in [6, 6.07) is 16.1. The van der Waals surface area contributed by atoms with Gasteiger partial charge in [0, 0.05) is 17.1 Å². The number of nitrogens with one attached hydrogen (secondary N) is 2. The van der Waals surface area contributed by atoms with E-state index in [0.29, 0.717) is 18.6 Å². The van der Waals surface area contributed by atoms with E-state index in [0.717, 1.165) is 28.2 Å². The van der Waals surface area contributed by atoms with E-state index in [-0.39, 0.29) is 0 Å². The van der Waals surface area contributed by atoms with Crippen LogP contribution >= 0.6 is 0 Å². The zero-order valence-electron chi connectivity index (χ0n) is 14.2. The second-order valence-corrected chi connectivity index (χ2v) is 5.79. The lowest BCUT2D eigenvalue weighted by Crippen LogP contribution is -2.12. The van der Waals surface area contributed by atoms with Crippen molar-refractivity contribution < 1.29 is 4.74 Å². The summed E-state index contributed by atoms with van der Waals surface area (Å²) in [5, 5.41) is 7.67. The molecule has 0 aliphatic carbocycles. The molecule has 0 aliphatic rings. The molecular formula is C19H22N4O. The maximum Gasteiger partial charge on any atom is 0.229 e. The number of aromatic nitrogens is 2. The summed E-state index contributed by atoms with van der Waals surface area (Å²) < 4.78 is 5.46. The van der Waals surface area contributed by atoms with Gasteiger partial charge in [-0.25, -0.2) is 4.98 Å². The molecule has 3 aromatic rings. The predicted octanol–water partition coefficient (Wildman–Crippen LogP) is 4.59. The minimum absolute atomic E-state index is 0.293. The van der Waals surface area contributed by atoms with E-state index in [1.54, 1.807) is 0 Å². The van der Waals surface area contributed by atoms with E-state index in [1.807, 2.05) is 55.5 Å². The van der Waals surface area contributed by atoms with Crippen LogP contribution in [-0.4, -0.2) is 22.6 Å². The molecule has 2 aromatic carbocycles. The van der Waals surface area contributed by atoms with Crippen molar-refractivity contribution in [3.8, 4) is 5.75 Å². The molecule has 2 N–H and O–H groups in total. The standard InChI is InChI=1S/C19H22N4O/c1-4-24-15-11-9-14(10-12-15)21-19-22-17-8-6-5-7-16(17)18(23-19)20-13(2)3/h5-13H,4H2,1-3H3,(H2,20,21,22,23). The maximum absolute atomic E-state index is 5.46. The molecule has 0 bridgehead atoms. The van der Waals surface area contributed by atoms with E-state index >= 15 is 0 Å². The first-order valence-electron chi connectivity index (χ1n) is 8.19. The maximum atomic E-state index is 5.46. The van der Waals surface area contributed by atoms with Crippen LogP contribution in [0.25, 0.3) is 10.9 Å². The zero-order chi connectivity index (χ0) is 16.9. The molecule has 3 rings (SSSR count). The topological polar surface area (TPSA) is 59.1 Å². The molecule has 1 heterocycles. The molecule has 0 amide bonds. The van der Waals surface area contributed by atoms with Gasteiger partial charge < -0.3 is 15.4 Å². The molecule has 0 atom stereocenters. The number of fused-ring (bicyclic) bond motifs is 1. The molecule has 24 heavy (non-hydrogen) atoms. The number of para-hydroxylation sites is 1. The quantitative estimate of drug-likeness (QED) is 0.695. The van der Waals surface area contributed by atoms with Crippen molar-refractivity contribution in [2.24, 2.45) is 0 Å². The van der Waals surface area contributed by atoms with E-state index in [1.165, 1.54) is 0 Å². The van der Waals surface area contributed by atoms with Gasteiger partial charge in [0.25, 0.3) is 0 Å². The van der Waals surface area contributed by atoms with Gasteiger partial charge in [0.15, 0.2) is 0 Å². The molecule has 0 aliphatic heterocycles. The molecular weight excluding hydrogens is 300 g/mol. The molecule has 124 valence electrons. The number of benzene rings is 2. The number of ether oxygens (including phenoxy) is 1. The number of hydrogen-bond acceptors (Lipinski definition) is 5. The first kappa shape index (κ1) is 16.1. The smallest absolute Gasteiger partial charge is 0.229 e. The molecule has 5 heteroatoms. The highest BCUT2D eigenvalue weighted by molar-refractivity contribution is 5.90. The molecule has 0 saturated heterocycles. The average molecular weight is 322 g/mol. The van der Waals surface area contributed by atoms with Crippen molar-refractivity contribution in [1.29, 1.82) is 0 Å². The molecule has 0 unspecified atom stereocenters. The van der Waals surface area contributed by atoms with Crippen LogP contribution in [0.15, 0.2) is 48.5 Å². The summed E-state index contributed by atoms with van der Waals surface area (Å²) in [6.45, 7) is 6.82. The van der Waals surface area contributed by atoms with Gasteiger partial charge in [-0.2, -0.15) is 4.98 Å². The highest BCUT2D eigenvalue weighted by Gasteiger charge is 2.08. The molecule has 5 nitrogen and oxygen atoms in total.